The number of hydrogen-bond donors (Lipinski definition) is 5. The van der Waals surface area contributed by atoms with E-state index in [1.54, 1.807) is 18.2 Å². The van der Waals surface area contributed by atoms with Gasteiger partial charge in [0.1, 0.15) is 5.75 Å². The van der Waals surface area contributed by atoms with Crippen molar-refractivity contribution in [3.8, 4) is 5.75 Å². The largest absolute Gasteiger partial charge is 0.508 e. The first-order valence-corrected chi connectivity index (χ1v) is 7.65. The lowest BCUT2D eigenvalue weighted by Gasteiger charge is -2.10. The van der Waals surface area contributed by atoms with Gasteiger partial charge in [-0.15, -0.1) is 0 Å². The highest BCUT2D eigenvalue weighted by Gasteiger charge is 2.12. The molecular weight excluding hydrogens is 323 g/mol. The first-order chi connectivity index (χ1) is 12.2. The molecule has 1 aliphatic rings. The van der Waals surface area contributed by atoms with Gasteiger partial charge in [-0.3, -0.25) is 0 Å². The maximum atomic E-state index is 14.1. The number of nitrogens with one attached hydrogen (secondary N) is 4. The molecule has 0 atom stereocenters. The Labute approximate surface area is 142 Å². The van der Waals surface area contributed by atoms with Crippen LogP contribution < -0.4 is 21.5 Å². The van der Waals surface area contributed by atoms with Gasteiger partial charge in [0, 0.05) is 24.0 Å². The van der Waals surface area contributed by atoms with Crippen molar-refractivity contribution in [2.24, 2.45) is 0 Å². The molecule has 0 spiro atoms. The second-order valence-corrected chi connectivity index (χ2v) is 5.54. The summed E-state index contributed by atoms with van der Waals surface area (Å²) in [5, 5.41) is 15.4. The summed E-state index contributed by atoms with van der Waals surface area (Å²) in [5.41, 5.74) is 9.47. The summed E-state index contributed by atoms with van der Waals surface area (Å²) in [6.07, 6.45) is 1.09. The molecule has 0 saturated heterocycles. The molecule has 5 N–H and O–H groups in total. The zero-order valence-corrected chi connectivity index (χ0v) is 13.0. The molecule has 2 heterocycles. The lowest BCUT2D eigenvalue weighted by molar-refractivity contribution is 0.475. The van der Waals surface area contributed by atoms with Gasteiger partial charge in [0.15, 0.2) is 11.6 Å². The van der Waals surface area contributed by atoms with E-state index in [2.05, 4.69) is 31.5 Å². The van der Waals surface area contributed by atoms with Crippen molar-refractivity contribution in [3.63, 3.8) is 0 Å². The molecule has 1 aliphatic heterocycles. The van der Waals surface area contributed by atoms with Crippen molar-refractivity contribution >= 4 is 28.8 Å². The number of rotatable bonds is 4. The predicted molar refractivity (Wildman–Crippen MR) is 93.6 cm³/mol. The van der Waals surface area contributed by atoms with Crippen LogP contribution in [0.1, 0.15) is 5.56 Å². The number of nitrogens with zero attached hydrogens (tertiary/aromatic N) is 2. The SMILES string of the molecule is Oc1cccc(Nc2ncc(F)c(Nc3ccc4c(c3)CNN4)n2)c1. The van der Waals surface area contributed by atoms with Crippen molar-refractivity contribution in [1.29, 1.82) is 0 Å². The molecule has 126 valence electrons. The smallest absolute Gasteiger partial charge is 0.229 e. The molecule has 4 rings (SSSR count). The van der Waals surface area contributed by atoms with Crippen LogP contribution in [0.4, 0.5) is 33.2 Å². The Bertz CT molecular complexity index is 933. The van der Waals surface area contributed by atoms with Crippen LogP contribution in [0.5, 0.6) is 5.75 Å². The van der Waals surface area contributed by atoms with Crippen molar-refractivity contribution in [2.75, 3.05) is 16.1 Å². The highest BCUT2D eigenvalue weighted by molar-refractivity contribution is 5.66. The maximum absolute atomic E-state index is 14.1. The van der Waals surface area contributed by atoms with Gasteiger partial charge in [-0.1, -0.05) is 6.07 Å². The molecule has 7 nitrogen and oxygen atoms in total. The monoisotopic (exact) mass is 338 g/mol. The minimum atomic E-state index is -0.557. The molecule has 8 heteroatoms. The Balaban J connectivity index is 1.57. The van der Waals surface area contributed by atoms with Crippen molar-refractivity contribution in [1.82, 2.24) is 15.4 Å². The van der Waals surface area contributed by atoms with E-state index in [1.165, 1.54) is 6.07 Å². The fraction of sp³-hybridized carbons (Fsp3) is 0.0588. The van der Waals surface area contributed by atoms with E-state index in [9.17, 15) is 9.50 Å². The Morgan fingerprint density at radius 1 is 1.08 bits per heavy atom. The lowest BCUT2D eigenvalue weighted by Crippen LogP contribution is -2.10. The Hall–Kier alpha value is -3.39. The van der Waals surface area contributed by atoms with Crippen LogP contribution in [0.2, 0.25) is 0 Å². The van der Waals surface area contributed by atoms with Crippen LogP contribution in [-0.2, 0) is 6.54 Å². The van der Waals surface area contributed by atoms with Gasteiger partial charge in [-0.05, 0) is 35.9 Å². The topological polar surface area (TPSA) is 94.1 Å². The second-order valence-electron chi connectivity index (χ2n) is 5.54. The molecule has 0 saturated carbocycles. The Morgan fingerprint density at radius 2 is 1.96 bits per heavy atom. The number of phenols is 1. The van der Waals surface area contributed by atoms with Crippen molar-refractivity contribution in [3.05, 3.63) is 60.0 Å². The molecule has 0 unspecified atom stereocenters. The highest BCUT2D eigenvalue weighted by Crippen LogP contribution is 2.26. The number of phenolic OH excluding ortho intramolecular Hbond substituents is 1. The average Bonchev–Trinajstić information content (AvgIpc) is 3.06. The molecule has 0 radical (unpaired) electrons. The summed E-state index contributed by atoms with van der Waals surface area (Å²) in [7, 11) is 0. The third-order valence-electron chi connectivity index (χ3n) is 3.72. The van der Waals surface area contributed by atoms with E-state index in [0.717, 1.165) is 23.1 Å². The summed E-state index contributed by atoms with van der Waals surface area (Å²) in [5.74, 6) is -0.153. The summed E-state index contributed by atoms with van der Waals surface area (Å²) in [4.78, 5) is 8.09. The summed E-state index contributed by atoms with van der Waals surface area (Å²) in [6, 6.07) is 12.2. The van der Waals surface area contributed by atoms with Gasteiger partial charge in [-0.25, -0.2) is 14.8 Å². The number of benzene rings is 2. The van der Waals surface area contributed by atoms with Crippen LogP contribution in [0, 0.1) is 5.82 Å². The fourth-order valence-electron chi connectivity index (χ4n) is 2.54. The van der Waals surface area contributed by atoms with E-state index < -0.39 is 5.82 Å². The van der Waals surface area contributed by atoms with Crippen LogP contribution in [0.15, 0.2) is 48.7 Å². The zero-order chi connectivity index (χ0) is 17.2. The van der Waals surface area contributed by atoms with E-state index in [4.69, 9.17) is 0 Å². The molecule has 0 fully saturated rings. The quantitative estimate of drug-likeness (QED) is 0.498. The number of halogens is 1. The van der Waals surface area contributed by atoms with Crippen molar-refractivity contribution in [2.45, 2.75) is 6.54 Å². The van der Waals surface area contributed by atoms with Crippen LogP contribution >= 0.6 is 0 Å². The van der Waals surface area contributed by atoms with Gasteiger partial charge < -0.3 is 21.2 Å². The summed E-state index contributed by atoms with van der Waals surface area (Å²) < 4.78 is 14.1. The number of anilines is 5. The van der Waals surface area contributed by atoms with E-state index in [0.29, 0.717) is 12.2 Å². The Morgan fingerprint density at radius 3 is 2.84 bits per heavy atom. The summed E-state index contributed by atoms with van der Waals surface area (Å²) in [6.45, 7) is 0.696. The van der Waals surface area contributed by atoms with E-state index >= 15 is 0 Å². The number of aromatic nitrogens is 2. The molecule has 1 aromatic heterocycles. The molecular formula is C17H15FN6O. The molecule has 3 aromatic rings. The van der Waals surface area contributed by atoms with Gasteiger partial charge >= 0.3 is 0 Å². The van der Waals surface area contributed by atoms with Crippen molar-refractivity contribution < 1.29 is 9.50 Å². The van der Waals surface area contributed by atoms with Gasteiger partial charge in [0.2, 0.25) is 5.95 Å². The number of aromatic hydroxyl groups is 1. The average molecular weight is 338 g/mol. The maximum Gasteiger partial charge on any atom is 0.229 e. The molecule has 0 amide bonds. The van der Waals surface area contributed by atoms with Crippen LogP contribution in [-0.4, -0.2) is 15.1 Å². The number of fused-ring (bicyclic) bond motifs is 1. The molecule has 25 heavy (non-hydrogen) atoms. The number of hydrazine groups is 1. The van der Waals surface area contributed by atoms with Crippen LogP contribution in [0.25, 0.3) is 0 Å². The minimum absolute atomic E-state index is 0.0662. The van der Waals surface area contributed by atoms with Gasteiger partial charge in [0.25, 0.3) is 0 Å². The highest BCUT2D eigenvalue weighted by atomic mass is 19.1. The third-order valence-corrected chi connectivity index (χ3v) is 3.72. The normalized spacial score (nSPS) is 12.4. The fourth-order valence-corrected chi connectivity index (χ4v) is 2.54. The van der Waals surface area contributed by atoms with Crippen LogP contribution in [0.3, 0.4) is 0 Å². The summed E-state index contributed by atoms with van der Waals surface area (Å²) >= 11 is 0. The Kier molecular flexibility index (Phi) is 3.79. The minimum Gasteiger partial charge on any atom is -0.508 e. The molecule has 2 aromatic carbocycles. The van der Waals surface area contributed by atoms with E-state index in [1.807, 2.05) is 18.2 Å². The van der Waals surface area contributed by atoms with Gasteiger partial charge in [-0.2, -0.15) is 4.98 Å². The van der Waals surface area contributed by atoms with E-state index in [-0.39, 0.29) is 17.5 Å². The first-order valence-electron chi connectivity index (χ1n) is 7.65. The third kappa shape index (κ3) is 3.29. The predicted octanol–water partition coefficient (Wildman–Crippen LogP) is 3.24. The van der Waals surface area contributed by atoms with Gasteiger partial charge in [0.05, 0.1) is 11.9 Å². The molecule has 0 bridgehead atoms. The zero-order valence-electron chi connectivity index (χ0n) is 13.0. The number of hydrogen-bond acceptors (Lipinski definition) is 7. The first kappa shape index (κ1) is 15.2. The lowest BCUT2D eigenvalue weighted by atomic mass is 10.2. The second kappa shape index (κ2) is 6.25. The standard InChI is InChI=1S/C17H15FN6O/c18-14-9-19-17(22-11-2-1-3-13(25)7-11)23-16(14)21-12-4-5-15-10(6-12)8-20-24-15/h1-7,9,20,24-25H,8H2,(H2,19,21,22,23). The molecule has 0 aliphatic carbocycles.